The summed E-state index contributed by atoms with van der Waals surface area (Å²) in [5, 5.41) is 0. The number of rotatable bonds is 3. The van der Waals surface area contributed by atoms with Crippen LogP contribution in [0.25, 0.3) is 0 Å². The van der Waals surface area contributed by atoms with Crippen molar-refractivity contribution in [1.82, 2.24) is 0 Å². The Morgan fingerprint density at radius 3 is 2.90 bits per heavy atom. The molecule has 0 aliphatic heterocycles. The smallest absolute Gasteiger partial charge is 0.124 e. The summed E-state index contributed by atoms with van der Waals surface area (Å²) in [6.07, 6.45) is 3.58. The maximum Gasteiger partial charge on any atom is 0.124 e. The lowest BCUT2D eigenvalue weighted by Crippen LogP contribution is -2.16. The summed E-state index contributed by atoms with van der Waals surface area (Å²) in [4.78, 5) is 0. The molecular formula is C18H21NO. The minimum atomic E-state index is 0.159. The van der Waals surface area contributed by atoms with Crippen LogP contribution in [0.2, 0.25) is 0 Å². The molecule has 0 saturated heterocycles. The van der Waals surface area contributed by atoms with Gasteiger partial charge in [-0.1, -0.05) is 36.4 Å². The molecule has 1 unspecified atom stereocenters. The first-order valence-electron chi connectivity index (χ1n) is 7.32. The number of nitrogens with two attached hydrogens (primary N) is 1. The van der Waals surface area contributed by atoms with Gasteiger partial charge in [0.2, 0.25) is 0 Å². The fraction of sp³-hybridized carbons (Fsp3) is 0.333. The molecule has 0 amide bonds. The summed E-state index contributed by atoms with van der Waals surface area (Å²) in [6.45, 7) is 2.60. The minimum Gasteiger partial charge on any atom is -0.485 e. The van der Waals surface area contributed by atoms with Gasteiger partial charge in [0, 0.05) is 12.1 Å². The molecule has 0 aromatic heterocycles. The summed E-state index contributed by atoms with van der Waals surface area (Å²) >= 11 is 0. The van der Waals surface area contributed by atoms with E-state index in [1.165, 1.54) is 23.1 Å². The molecule has 0 heterocycles. The van der Waals surface area contributed by atoms with Gasteiger partial charge >= 0.3 is 0 Å². The first kappa shape index (κ1) is 13.2. The Bertz CT molecular complexity index is 606. The Labute approximate surface area is 120 Å². The van der Waals surface area contributed by atoms with E-state index in [9.17, 15) is 0 Å². The normalized spacial score (nSPS) is 17.6. The molecule has 0 saturated carbocycles. The van der Waals surface area contributed by atoms with Gasteiger partial charge in [-0.3, -0.25) is 0 Å². The average molecular weight is 267 g/mol. The van der Waals surface area contributed by atoms with E-state index in [2.05, 4.69) is 49.4 Å². The van der Waals surface area contributed by atoms with E-state index in [0.717, 1.165) is 24.2 Å². The molecule has 2 aromatic rings. The highest BCUT2D eigenvalue weighted by atomic mass is 16.5. The Morgan fingerprint density at radius 2 is 2.05 bits per heavy atom. The molecule has 2 nitrogen and oxygen atoms in total. The first-order chi connectivity index (χ1) is 9.78. The standard InChI is InChI=1S/C18H21NO/c1-13-9-10-15(12-19)18(11-13)20-17-8-4-6-14-5-2-3-7-16(14)17/h2-3,5,7,9-11,17H,4,6,8,12,19H2,1H3. The van der Waals surface area contributed by atoms with Crippen LogP contribution in [0.5, 0.6) is 5.75 Å². The third kappa shape index (κ3) is 2.56. The van der Waals surface area contributed by atoms with Crippen molar-refractivity contribution in [3.8, 4) is 5.75 Å². The second-order valence-electron chi connectivity index (χ2n) is 5.51. The van der Waals surface area contributed by atoms with Crippen LogP contribution in [0.15, 0.2) is 42.5 Å². The predicted octanol–water partition coefficient (Wildman–Crippen LogP) is 3.91. The van der Waals surface area contributed by atoms with Crippen molar-refractivity contribution in [2.45, 2.75) is 38.8 Å². The lowest BCUT2D eigenvalue weighted by molar-refractivity contribution is 0.181. The van der Waals surface area contributed by atoms with Gasteiger partial charge < -0.3 is 10.5 Å². The molecule has 0 bridgehead atoms. The molecule has 0 fully saturated rings. The van der Waals surface area contributed by atoms with Crippen LogP contribution in [-0.2, 0) is 13.0 Å². The zero-order valence-electron chi connectivity index (χ0n) is 11.9. The summed E-state index contributed by atoms with van der Waals surface area (Å²) in [5.74, 6) is 0.939. The summed E-state index contributed by atoms with van der Waals surface area (Å²) < 4.78 is 6.30. The number of fused-ring (bicyclic) bond motifs is 1. The highest BCUT2D eigenvalue weighted by Crippen LogP contribution is 2.34. The SMILES string of the molecule is Cc1ccc(CN)c(OC2CCCc3ccccc32)c1. The van der Waals surface area contributed by atoms with Crippen LogP contribution in [0.1, 0.15) is 41.2 Å². The monoisotopic (exact) mass is 267 g/mol. The number of hydrogen-bond donors (Lipinski definition) is 1. The lowest BCUT2D eigenvalue weighted by Gasteiger charge is -2.27. The molecule has 1 atom stereocenters. The van der Waals surface area contributed by atoms with Crippen molar-refractivity contribution in [3.63, 3.8) is 0 Å². The largest absolute Gasteiger partial charge is 0.485 e. The maximum absolute atomic E-state index is 6.30. The molecule has 20 heavy (non-hydrogen) atoms. The van der Waals surface area contributed by atoms with Gasteiger partial charge in [0.05, 0.1) is 0 Å². The zero-order chi connectivity index (χ0) is 13.9. The molecule has 0 radical (unpaired) electrons. The third-order valence-electron chi connectivity index (χ3n) is 4.03. The Kier molecular flexibility index (Phi) is 3.75. The fourth-order valence-corrected chi connectivity index (χ4v) is 2.93. The lowest BCUT2D eigenvalue weighted by atomic mass is 9.89. The molecule has 104 valence electrons. The van der Waals surface area contributed by atoms with Crippen molar-refractivity contribution in [1.29, 1.82) is 0 Å². The van der Waals surface area contributed by atoms with E-state index >= 15 is 0 Å². The summed E-state index contributed by atoms with van der Waals surface area (Å²) in [7, 11) is 0. The van der Waals surface area contributed by atoms with Crippen molar-refractivity contribution in [3.05, 3.63) is 64.7 Å². The molecule has 0 spiro atoms. The van der Waals surface area contributed by atoms with Gasteiger partial charge in [-0.05, 0) is 48.9 Å². The van der Waals surface area contributed by atoms with E-state index < -0.39 is 0 Å². The van der Waals surface area contributed by atoms with Gasteiger partial charge in [-0.2, -0.15) is 0 Å². The van der Waals surface area contributed by atoms with Crippen molar-refractivity contribution >= 4 is 0 Å². The first-order valence-corrected chi connectivity index (χ1v) is 7.32. The number of hydrogen-bond acceptors (Lipinski definition) is 2. The van der Waals surface area contributed by atoms with Crippen molar-refractivity contribution < 1.29 is 4.74 Å². The van der Waals surface area contributed by atoms with Gasteiger partial charge in [0.25, 0.3) is 0 Å². The van der Waals surface area contributed by atoms with Gasteiger partial charge in [0.15, 0.2) is 0 Å². The van der Waals surface area contributed by atoms with Crippen molar-refractivity contribution in [2.24, 2.45) is 5.73 Å². The quantitative estimate of drug-likeness (QED) is 0.915. The van der Waals surface area contributed by atoms with Gasteiger partial charge in [0.1, 0.15) is 11.9 Å². The van der Waals surface area contributed by atoms with Gasteiger partial charge in [-0.15, -0.1) is 0 Å². The second kappa shape index (κ2) is 5.68. The highest BCUT2D eigenvalue weighted by molar-refractivity contribution is 5.39. The number of ether oxygens (including phenoxy) is 1. The molecule has 1 aliphatic carbocycles. The Hall–Kier alpha value is -1.80. The fourth-order valence-electron chi connectivity index (χ4n) is 2.93. The second-order valence-corrected chi connectivity index (χ2v) is 5.51. The van der Waals surface area contributed by atoms with Crippen LogP contribution in [0, 0.1) is 6.92 Å². The van der Waals surface area contributed by atoms with Crippen LogP contribution < -0.4 is 10.5 Å². The van der Waals surface area contributed by atoms with Crippen LogP contribution in [-0.4, -0.2) is 0 Å². The Morgan fingerprint density at radius 1 is 1.20 bits per heavy atom. The molecule has 3 rings (SSSR count). The van der Waals surface area contributed by atoms with Crippen molar-refractivity contribution in [2.75, 3.05) is 0 Å². The number of benzene rings is 2. The van der Waals surface area contributed by atoms with E-state index in [0.29, 0.717) is 6.54 Å². The van der Waals surface area contributed by atoms with Crippen LogP contribution >= 0.6 is 0 Å². The van der Waals surface area contributed by atoms with Gasteiger partial charge in [-0.25, -0.2) is 0 Å². The number of aryl methyl sites for hydroxylation is 2. The molecule has 2 N–H and O–H groups in total. The van der Waals surface area contributed by atoms with Crippen LogP contribution in [0.4, 0.5) is 0 Å². The minimum absolute atomic E-state index is 0.159. The van der Waals surface area contributed by atoms with E-state index in [-0.39, 0.29) is 6.10 Å². The molecular weight excluding hydrogens is 246 g/mol. The molecule has 2 heteroatoms. The zero-order valence-corrected chi connectivity index (χ0v) is 11.9. The summed E-state index contributed by atoms with van der Waals surface area (Å²) in [5.41, 5.74) is 10.9. The van der Waals surface area contributed by atoms with E-state index in [4.69, 9.17) is 10.5 Å². The van der Waals surface area contributed by atoms with E-state index in [1.54, 1.807) is 0 Å². The summed E-state index contributed by atoms with van der Waals surface area (Å²) in [6, 6.07) is 14.9. The average Bonchev–Trinajstić information content (AvgIpc) is 2.48. The van der Waals surface area contributed by atoms with Crippen LogP contribution in [0.3, 0.4) is 0 Å². The predicted molar refractivity (Wildman–Crippen MR) is 81.8 cm³/mol. The topological polar surface area (TPSA) is 35.2 Å². The highest BCUT2D eigenvalue weighted by Gasteiger charge is 2.22. The van der Waals surface area contributed by atoms with E-state index in [1.807, 2.05) is 0 Å². The Balaban J connectivity index is 1.91. The third-order valence-corrected chi connectivity index (χ3v) is 4.03. The molecule has 2 aromatic carbocycles. The maximum atomic E-state index is 6.30. The molecule has 1 aliphatic rings.